The third-order valence-corrected chi connectivity index (χ3v) is 7.19. The van der Waals surface area contributed by atoms with Gasteiger partial charge in [0.2, 0.25) is 0 Å². The Bertz CT molecular complexity index is 1470. The Labute approximate surface area is 220 Å². The van der Waals surface area contributed by atoms with E-state index in [1.54, 1.807) is 4.90 Å². The molecule has 0 saturated carbocycles. The lowest BCUT2D eigenvalue weighted by molar-refractivity contribution is -0.113. The van der Waals surface area contributed by atoms with Crippen molar-refractivity contribution in [1.29, 1.82) is 0 Å². The van der Waals surface area contributed by atoms with Gasteiger partial charge in [-0.25, -0.2) is 4.68 Å². The van der Waals surface area contributed by atoms with Crippen molar-refractivity contribution in [3.63, 3.8) is 0 Å². The van der Waals surface area contributed by atoms with Crippen LogP contribution in [-0.2, 0) is 4.79 Å². The molecule has 180 valence electrons. The number of hydrogen-bond acceptors (Lipinski definition) is 5. The molecule has 3 aromatic carbocycles. The number of carbonyl (C=O) groups is 1. The van der Waals surface area contributed by atoms with Crippen molar-refractivity contribution in [2.75, 3.05) is 11.5 Å². The molecule has 7 heteroatoms. The number of aryl methyl sites for hydroxylation is 2. The normalized spacial score (nSPS) is 14.6. The minimum Gasteiger partial charge on any atom is -0.494 e. The van der Waals surface area contributed by atoms with Gasteiger partial charge < -0.3 is 4.74 Å². The summed E-state index contributed by atoms with van der Waals surface area (Å²) in [5.74, 6) is 0.722. The Morgan fingerprint density at radius 2 is 1.75 bits per heavy atom. The Morgan fingerprint density at radius 1 is 1.00 bits per heavy atom. The molecule has 4 aromatic rings. The number of thiocarbonyl (C=S) groups is 1. The summed E-state index contributed by atoms with van der Waals surface area (Å²) >= 11 is 6.89. The third-order valence-electron chi connectivity index (χ3n) is 5.88. The maximum Gasteiger partial charge on any atom is 0.270 e. The highest BCUT2D eigenvalue weighted by Crippen LogP contribution is 2.38. The van der Waals surface area contributed by atoms with Crippen LogP contribution in [0.4, 0.5) is 5.69 Å². The van der Waals surface area contributed by atoms with Gasteiger partial charge in [0.25, 0.3) is 5.91 Å². The number of carbonyl (C=O) groups excluding carboxylic acids is 1. The average molecular weight is 512 g/mol. The van der Waals surface area contributed by atoms with Crippen LogP contribution in [0.15, 0.2) is 83.9 Å². The number of thioether (sulfide) groups is 1. The smallest absolute Gasteiger partial charge is 0.270 e. The van der Waals surface area contributed by atoms with E-state index in [1.807, 2.05) is 104 Å². The van der Waals surface area contributed by atoms with E-state index < -0.39 is 0 Å². The Balaban J connectivity index is 1.57. The summed E-state index contributed by atoms with van der Waals surface area (Å²) in [6, 6.07) is 23.8. The molecule has 1 aromatic heterocycles. The van der Waals surface area contributed by atoms with Crippen LogP contribution in [0.3, 0.4) is 0 Å². The van der Waals surface area contributed by atoms with Gasteiger partial charge in [0.05, 0.1) is 22.9 Å². The molecule has 1 fully saturated rings. The van der Waals surface area contributed by atoms with E-state index in [0.29, 0.717) is 15.8 Å². The van der Waals surface area contributed by atoms with Crippen molar-refractivity contribution >= 4 is 46.0 Å². The largest absolute Gasteiger partial charge is 0.494 e. The fourth-order valence-electron chi connectivity index (χ4n) is 4.07. The molecule has 0 unspecified atom stereocenters. The highest BCUT2D eigenvalue weighted by molar-refractivity contribution is 8.27. The van der Waals surface area contributed by atoms with Crippen molar-refractivity contribution in [3.05, 3.63) is 101 Å². The molecule has 5 nitrogen and oxygen atoms in total. The minimum atomic E-state index is -0.130. The Hall–Kier alpha value is -3.68. The Kier molecular flexibility index (Phi) is 6.76. The topological polar surface area (TPSA) is 47.4 Å². The summed E-state index contributed by atoms with van der Waals surface area (Å²) < 4.78 is 8.08. The van der Waals surface area contributed by atoms with Gasteiger partial charge in [-0.1, -0.05) is 59.9 Å². The van der Waals surface area contributed by atoms with E-state index in [0.717, 1.165) is 45.1 Å². The fourth-order valence-corrected chi connectivity index (χ4v) is 5.36. The van der Waals surface area contributed by atoms with E-state index in [9.17, 15) is 4.79 Å². The summed E-state index contributed by atoms with van der Waals surface area (Å²) in [6.45, 7) is 6.62. The SMILES string of the molecule is CCOc1ccc(-c2nn(-c3ccccc3)cc2C=C2SC(=S)N(c3ccc(C)cc3)C2=O)cc1C. The van der Waals surface area contributed by atoms with Crippen molar-refractivity contribution < 1.29 is 9.53 Å². The van der Waals surface area contributed by atoms with Crippen molar-refractivity contribution in [2.45, 2.75) is 20.8 Å². The molecule has 36 heavy (non-hydrogen) atoms. The van der Waals surface area contributed by atoms with Gasteiger partial charge in [-0.15, -0.1) is 0 Å². The van der Waals surface area contributed by atoms with E-state index >= 15 is 0 Å². The van der Waals surface area contributed by atoms with E-state index in [-0.39, 0.29) is 5.91 Å². The molecule has 5 rings (SSSR count). The zero-order valence-corrected chi connectivity index (χ0v) is 21.9. The van der Waals surface area contributed by atoms with E-state index in [4.69, 9.17) is 22.1 Å². The van der Waals surface area contributed by atoms with Gasteiger partial charge in [-0.3, -0.25) is 9.69 Å². The van der Waals surface area contributed by atoms with Crippen molar-refractivity contribution in [2.24, 2.45) is 0 Å². The number of rotatable bonds is 6. The monoisotopic (exact) mass is 511 g/mol. The second kappa shape index (κ2) is 10.1. The fraction of sp³-hybridized carbons (Fsp3) is 0.138. The lowest BCUT2D eigenvalue weighted by atomic mass is 10.0. The molecule has 0 radical (unpaired) electrons. The molecule has 0 N–H and O–H groups in total. The van der Waals surface area contributed by atoms with Crippen LogP contribution < -0.4 is 9.64 Å². The number of amides is 1. The second-order valence-electron chi connectivity index (χ2n) is 8.48. The Morgan fingerprint density at radius 3 is 2.44 bits per heavy atom. The molecule has 0 aliphatic carbocycles. The first kappa shape index (κ1) is 24.0. The van der Waals surface area contributed by atoms with Crippen LogP contribution in [0.2, 0.25) is 0 Å². The molecule has 1 saturated heterocycles. The maximum atomic E-state index is 13.4. The molecule has 1 aliphatic rings. The summed E-state index contributed by atoms with van der Waals surface area (Å²) in [7, 11) is 0. The van der Waals surface area contributed by atoms with Crippen LogP contribution in [0.1, 0.15) is 23.6 Å². The number of ether oxygens (including phenoxy) is 1. The molecule has 1 aliphatic heterocycles. The first-order chi connectivity index (χ1) is 17.4. The molecular weight excluding hydrogens is 486 g/mol. The number of aromatic nitrogens is 2. The number of benzene rings is 3. The number of nitrogens with zero attached hydrogens (tertiary/aromatic N) is 3. The summed E-state index contributed by atoms with van der Waals surface area (Å²) in [4.78, 5) is 15.6. The number of hydrogen-bond donors (Lipinski definition) is 0. The summed E-state index contributed by atoms with van der Waals surface area (Å²) in [6.07, 6.45) is 3.84. The van der Waals surface area contributed by atoms with E-state index in [1.165, 1.54) is 11.8 Å². The summed E-state index contributed by atoms with van der Waals surface area (Å²) in [5, 5.41) is 4.90. The van der Waals surface area contributed by atoms with Crippen LogP contribution in [0.5, 0.6) is 5.75 Å². The van der Waals surface area contributed by atoms with Crippen LogP contribution in [-0.4, -0.2) is 26.6 Å². The molecule has 0 spiro atoms. The quantitative estimate of drug-likeness (QED) is 0.207. The van der Waals surface area contributed by atoms with Gasteiger partial charge in [-0.2, -0.15) is 5.10 Å². The van der Waals surface area contributed by atoms with Crippen LogP contribution >= 0.6 is 24.0 Å². The maximum absolute atomic E-state index is 13.4. The summed E-state index contributed by atoms with van der Waals surface area (Å²) in [5.41, 5.74) is 6.44. The standard InChI is InChI=1S/C29H25N3O2S2/c1-4-34-25-15-12-21(16-20(25)3)27-22(18-31(30-27)23-8-6-5-7-9-23)17-26-28(33)32(29(35)36-26)24-13-10-19(2)11-14-24/h5-18H,4H2,1-3H3. The predicted molar refractivity (Wildman–Crippen MR) is 152 cm³/mol. The highest BCUT2D eigenvalue weighted by atomic mass is 32.2. The van der Waals surface area contributed by atoms with Crippen molar-refractivity contribution in [3.8, 4) is 22.7 Å². The molecule has 1 amide bonds. The van der Waals surface area contributed by atoms with Gasteiger partial charge in [0.1, 0.15) is 11.4 Å². The lowest BCUT2D eigenvalue weighted by Gasteiger charge is -2.14. The second-order valence-corrected chi connectivity index (χ2v) is 10.2. The zero-order chi connectivity index (χ0) is 25.2. The zero-order valence-electron chi connectivity index (χ0n) is 20.3. The van der Waals surface area contributed by atoms with Gasteiger partial charge >= 0.3 is 0 Å². The predicted octanol–water partition coefficient (Wildman–Crippen LogP) is 6.96. The van der Waals surface area contributed by atoms with Crippen molar-refractivity contribution in [1.82, 2.24) is 9.78 Å². The number of para-hydroxylation sites is 1. The molecule has 0 bridgehead atoms. The van der Waals surface area contributed by atoms with Gasteiger partial charge in [0, 0.05) is 17.3 Å². The molecule has 2 heterocycles. The van der Waals surface area contributed by atoms with Crippen LogP contribution in [0, 0.1) is 13.8 Å². The van der Waals surface area contributed by atoms with E-state index in [2.05, 4.69) is 6.07 Å². The first-order valence-electron chi connectivity index (χ1n) is 11.7. The average Bonchev–Trinajstić information content (AvgIpc) is 3.42. The highest BCUT2D eigenvalue weighted by Gasteiger charge is 2.33. The molecular formula is C29H25N3O2S2. The first-order valence-corrected chi connectivity index (χ1v) is 12.9. The number of anilines is 1. The lowest BCUT2D eigenvalue weighted by Crippen LogP contribution is -2.27. The third kappa shape index (κ3) is 4.72. The van der Waals surface area contributed by atoms with Crippen LogP contribution in [0.25, 0.3) is 23.0 Å². The minimum absolute atomic E-state index is 0.130. The van der Waals surface area contributed by atoms with Gasteiger partial charge in [-0.05, 0) is 74.9 Å². The van der Waals surface area contributed by atoms with Gasteiger partial charge in [0.15, 0.2) is 4.32 Å². The molecule has 0 atom stereocenters.